The number of piperidine rings is 1. The topological polar surface area (TPSA) is 221 Å². The molecule has 0 aliphatic carbocycles. The SMILES string of the molecule is CSN(C)c1cccc(CNc2nc(Nc3ccc(OCCOCCOCCOCCOCCC(=O)NCCOc4cccc5c4C(=O)N(C4CCC(=O)NC4=O)C5=O)cc3)ncc2C(F)(F)F)c1. The molecule has 3 aromatic carbocycles. The average molecular weight is 983 g/mol. The van der Waals surface area contributed by atoms with Gasteiger partial charge in [0.25, 0.3) is 11.8 Å². The van der Waals surface area contributed by atoms with Crippen LogP contribution in [0.5, 0.6) is 11.5 Å². The number of carbonyl (C=O) groups excluding carboxylic acids is 5. The van der Waals surface area contributed by atoms with Crippen molar-refractivity contribution in [2.75, 3.05) is 101 Å². The van der Waals surface area contributed by atoms with E-state index in [1.54, 1.807) is 30.3 Å². The van der Waals surface area contributed by atoms with E-state index in [9.17, 15) is 37.1 Å². The van der Waals surface area contributed by atoms with Gasteiger partial charge >= 0.3 is 6.18 Å². The summed E-state index contributed by atoms with van der Waals surface area (Å²) >= 11 is 1.52. The summed E-state index contributed by atoms with van der Waals surface area (Å²) in [6.07, 6.45) is -1.82. The van der Waals surface area contributed by atoms with E-state index in [1.807, 2.05) is 41.9 Å². The van der Waals surface area contributed by atoms with Crippen molar-refractivity contribution in [2.24, 2.45) is 0 Å². The average Bonchev–Trinajstić information content (AvgIpc) is 3.59. The van der Waals surface area contributed by atoms with Gasteiger partial charge in [0.05, 0.1) is 70.5 Å². The van der Waals surface area contributed by atoms with E-state index in [4.69, 9.17) is 28.4 Å². The van der Waals surface area contributed by atoms with E-state index < -0.39 is 41.4 Å². The largest absolute Gasteiger partial charge is 0.491 e. The van der Waals surface area contributed by atoms with Crippen LogP contribution in [0.25, 0.3) is 0 Å². The van der Waals surface area contributed by atoms with Gasteiger partial charge in [0.2, 0.25) is 23.7 Å². The smallest absolute Gasteiger partial charge is 0.421 e. The second-order valence-electron chi connectivity index (χ2n) is 15.2. The van der Waals surface area contributed by atoms with Crippen molar-refractivity contribution >= 4 is 64.6 Å². The third-order valence-corrected chi connectivity index (χ3v) is 11.2. The number of aromatic nitrogens is 2. The van der Waals surface area contributed by atoms with E-state index >= 15 is 0 Å². The Bertz CT molecular complexity index is 2400. The Morgan fingerprint density at radius 1 is 0.855 bits per heavy atom. The number of imide groups is 2. The van der Waals surface area contributed by atoms with Crippen LogP contribution in [0.2, 0.25) is 0 Å². The molecule has 0 spiro atoms. The molecule has 0 radical (unpaired) electrons. The number of fused-ring (bicyclic) bond motifs is 1. The van der Waals surface area contributed by atoms with Gasteiger partial charge in [0, 0.05) is 50.3 Å². The van der Waals surface area contributed by atoms with Gasteiger partial charge in [-0.15, -0.1) is 0 Å². The summed E-state index contributed by atoms with van der Waals surface area (Å²) in [5.41, 5.74) is 1.41. The first-order valence-electron chi connectivity index (χ1n) is 21.9. The monoisotopic (exact) mass is 982 g/mol. The van der Waals surface area contributed by atoms with Crippen LogP contribution < -0.4 is 35.0 Å². The lowest BCUT2D eigenvalue weighted by atomic mass is 10.0. The second-order valence-corrected chi connectivity index (χ2v) is 16.1. The van der Waals surface area contributed by atoms with Crippen LogP contribution in [-0.4, -0.2) is 136 Å². The fraction of sp³-hybridized carbons (Fsp3) is 0.413. The lowest BCUT2D eigenvalue weighted by molar-refractivity contribution is -0.138. The first-order valence-corrected chi connectivity index (χ1v) is 23.1. The molecule has 69 heavy (non-hydrogen) atoms. The van der Waals surface area contributed by atoms with E-state index in [0.29, 0.717) is 51.1 Å². The maximum atomic E-state index is 13.8. The van der Waals surface area contributed by atoms with Crippen LogP contribution in [0.3, 0.4) is 0 Å². The molecule has 370 valence electrons. The molecule has 0 bridgehead atoms. The molecule has 4 aromatic rings. The third kappa shape index (κ3) is 15.2. The molecule has 1 atom stereocenters. The van der Waals surface area contributed by atoms with Gasteiger partial charge in [-0.25, -0.2) is 4.98 Å². The zero-order valence-electron chi connectivity index (χ0n) is 37.9. The molecule has 1 unspecified atom stereocenters. The molecule has 19 nitrogen and oxygen atoms in total. The number of amides is 5. The Morgan fingerprint density at radius 2 is 1.54 bits per heavy atom. The predicted octanol–water partition coefficient (Wildman–Crippen LogP) is 5.00. The molecule has 0 saturated carbocycles. The van der Waals surface area contributed by atoms with Crippen LogP contribution in [0.4, 0.5) is 36.3 Å². The second kappa shape index (κ2) is 25.7. The number of halogens is 3. The normalized spacial score (nSPS) is 14.6. The van der Waals surface area contributed by atoms with Gasteiger partial charge in [-0.05, 0) is 60.5 Å². The van der Waals surface area contributed by atoms with Gasteiger partial charge in [0.15, 0.2) is 0 Å². The molecule has 23 heteroatoms. The van der Waals surface area contributed by atoms with E-state index in [0.717, 1.165) is 22.3 Å². The minimum atomic E-state index is -4.65. The fourth-order valence-corrected chi connectivity index (χ4v) is 7.21. The van der Waals surface area contributed by atoms with Gasteiger partial charge in [-0.3, -0.25) is 34.2 Å². The maximum absolute atomic E-state index is 13.8. The van der Waals surface area contributed by atoms with Crippen molar-refractivity contribution in [1.29, 1.82) is 0 Å². The molecular weight excluding hydrogens is 930 g/mol. The molecule has 2 aliphatic rings. The number of benzene rings is 3. The number of alkyl halides is 3. The van der Waals surface area contributed by atoms with Crippen LogP contribution in [0.1, 0.15) is 51.1 Å². The molecule has 2 aliphatic heterocycles. The summed E-state index contributed by atoms with van der Waals surface area (Å²) in [5.74, 6) is -2.39. The van der Waals surface area contributed by atoms with Crippen LogP contribution >= 0.6 is 11.9 Å². The molecule has 6 rings (SSSR count). The summed E-state index contributed by atoms with van der Waals surface area (Å²) < 4.78 is 76.8. The number of hydrogen-bond donors (Lipinski definition) is 4. The lowest BCUT2D eigenvalue weighted by Crippen LogP contribution is -2.54. The zero-order chi connectivity index (χ0) is 49.2. The molecule has 1 fully saturated rings. The third-order valence-electron chi connectivity index (χ3n) is 10.4. The Kier molecular flexibility index (Phi) is 19.3. The first-order chi connectivity index (χ1) is 33.3. The Balaban J connectivity index is 0.755. The van der Waals surface area contributed by atoms with E-state index in [2.05, 4.69) is 31.2 Å². The highest BCUT2D eigenvalue weighted by Crippen LogP contribution is 2.35. The van der Waals surface area contributed by atoms with Gasteiger partial charge in [0.1, 0.15) is 42.1 Å². The van der Waals surface area contributed by atoms with Crippen molar-refractivity contribution < 1.29 is 65.6 Å². The van der Waals surface area contributed by atoms with Crippen LogP contribution in [-0.2, 0) is 46.1 Å². The van der Waals surface area contributed by atoms with Crippen molar-refractivity contribution in [3.8, 4) is 11.5 Å². The van der Waals surface area contributed by atoms with Crippen molar-refractivity contribution in [2.45, 2.75) is 38.0 Å². The number of nitrogens with one attached hydrogen (secondary N) is 4. The molecular formula is C46H53F3N8O11S. The summed E-state index contributed by atoms with van der Waals surface area (Å²) in [4.78, 5) is 71.2. The quantitative estimate of drug-likeness (QED) is 0.0334. The summed E-state index contributed by atoms with van der Waals surface area (Å²) in [5, 5.41) is 10.6. The maximum Gasteiger partial charge on any atom is 0.421 e. The summed E-state index contributed by atoms with van der Waals surface area (Å²) in [7, 11) is 1.90. The van der Waals surface area contributed by atoms with Crippen molar-refractivity contribution in [3.63, 3.8) is 0 Å². The molecule has 1 saturated heterocycles. The fourth-order valence-electron chi connectivity index (χ4n) is 6.89. The number of anilines is 4. The highest BCUT2D eigenvalue weighted by Gasteiger charge is 2.46. The van der Waals surface area contributed by atoms with Gasteiger partial charge in [-0.1, -0.05) is 30.1 Å². The number of hydrogen-bond acceptors (Lipinski definition) is 17. The minimum Gasteiger partial charge on any atom is -0.491 e. The lowest BCUT2D eigenvalue weighted by Gasteiger charge is -2.27. The number of rotatable bonds is 28. The van der Waals surface area contributed by atoms with E-state index in [-0.39, 0.29) is 93.3 Å². The van der Waals surface area contributed by atoms with E-state index in [1.165, 1.54) is 24.1 Å². The van der Waals surface area contributed by atoms with Crippen molar-refractivity contribution in [1.82, 2.24) is 25.5 Å². The zero-order valence-corrected chi connectivity index (χ0v) is 38.8. The molecule has 4 N–H and O–H groups in total. The summed E-state index contributed by atoms with van der Waals surface area (Å²) in [6, 6.07) is 17.7. The van der Waals surface area contributed by atoms with Gasteiger partial charge < -0.3 is 48.7 Å². The van der Waals surface area contributed by atoms with Gasteiger partial charge in [-0.2, -0.15) is 18.2 Å². The Hall–Kier alpha value is -6.53. The summed E-state index contributed by atoms with van der Waals surface area (Å²) in [6.45, 7) is 2.99. The minimum absolute atomic E-state index is 0.00940. The predicted molar refractivity (Wildman–Crippen MR) is 247 cm³/mol. The highest BCUT2D eigenvalue weighted by molar-refractivity contribution is 7.99. The van der Waals surface area contributed by atoms with Crippen LogP contribution in [0.15, 0.2) is 72.9 Å². The molecule has 1 aromatic heterocycles. The highest BCUT2D eigenvalue weighted by atomic mass is 32.2. The Morgan fingerprint density at radius 3 is 2.22 bits per heavy atom. The molecule has 3 heterocycles. The number of carbonyl (C=O) groups is 5. The Labute approximate surface area is 400 Å². The van der Waals surface area contributed by atoms with Crippen LogP contribution in [0, 0.1) is 0 Å². The molecule has 5 amide bonds. The number of nitrogens with zero attached hydrogens (tertiary/aromatic N) is 4. The number of ether oxygens (including phenoxy) is 6. The van der Waals surface area contributed by atoms with Crippen molar-refractivity contribution in [3.05, 3.63) is 95.2 Å². The first kappa shape index (κ1) is 51.9. The standard InChI is InChI=1S/C46H53F3N8O11S/c1-56(69-2)32-6-3-5-30(27-32)28-51-41-35(46(47,48)49)29-52-45(55-41)53-31-9-11-33(12-10-31)67-26-25-66-24-23-65-22-21-64-20-19-63-17-15-38(58)50-16-18-68-37-8-4-7-34-40(37)44(62)57(43(34)61)36-13-14-39(59)54-42(36)60/h3-12,27,29,36H,13-26,28H2,1-2H3,(H,50,58)(H,54,59,60)(H2,51,52,53,55).